The summed E-state index contributed by atoms with van der Waals surface area (Å²) in [7, 11) is 3.27. The zero-order valence-corrected chi connectivity index (χ0v) is 18.6. The molecular formula is C25H30N2O3. The molecule has 30 heavy (non-hydrogen) atoms. The molecule has 2 aliphatic rings. The summed E-state index contributed by atoms with van der Waals surface area (Å²) < 4.78 is 11.3. The van der Waals surface area contributed by atoms with Crippen molar-refractivity contribution in [2.45, 2.75) is 46.6 Å². The molecule has 2 N–H and O–H groups in total. The zero-order chi connectivity index (χ0) is 21.6. The first-order valence-electron chi connectivity index (χ1n) is 10.4. The highest BCUT2D eigenvalue weighted by atomic mass is 16.5. The van der Waals surface area contributed by atoms with Crippen LogP contribution in [0.3, 0.4) is 0 Å². The van der Waals surface area contributed by atoms with Crippen molar-refractivity contribution in [1.29, 1.82) is 0 Å². The number of aryl methyl sites for hydroxylation is 2. The van der Waals surface area contributed by atoms with Crippen LogP contribution in [0.15, 0.2) is 41.6 Å². The van der Waals surface area contributed by atoms with Crippen LogP contribution in [-0.4, -0.2) is 20.0 Å². The number of anilines is 2. The maximum Gasteiger partial charge on any atom is 0.166 e. The van der Waals surface area contributed by atoms with Crippen LogP contribution < -0.4 is 20.1 Å². The van der Waals surface area contributed by atoms with E-state index < -0.39 is 0 Å². The second-order valence-corrected chi connectivity index (χ2v) is 9.10. The molecule has 2 aromatic rings. The Morgan fingerprint density at radius 2 is 1.70 bits per heavy atom. The van der Waals surface area contributed by atoms with Gasteiger partial charge in [0, 0.05) is 23.3 Å². The number of allylic oxidation sites excluding steroid dienone is 1. The fourth-order valence-corrected chi connectivity index (χ4v) is 4.58. The third kappa shape index (κ3) is 3.42. The fraction of sp³-hybridized carbons (Fsp3) is 0.400. The molecule has 0 saturated heterocycles. The first kappa shape index (κ1) is 20.3. The summed E-state index contributed by atoms with van der Waals surface area (Å²) in [6, 6.07) is 9.78. The smallest absolute Gasteiger partial charge is 0.166 e. The van der Waals surface area contributed by atoms with E-state index in [1.165, 1.54) is 11.1 Å². The summed E-state index contributed by atoms with van der Waals surface area (Å²) in [5.41, 5.74) is 6.97. The Labute approximate surface area is 178 Å². The third-order valence-corrected chi connectivity index (χ3v) is 6.17. The zero-order valence-electron chi connectivity index (χ0n) is 18.6. The van der Waals surface area contributed by atoms with Crippen molar-refractivity contribution >= 4 is 17.2 Å². The van der Waals surface area contributed by atoms with Crippen LogP contribution >= 0.6 is 0 Å². The third-order valence-electron chi connectivity index (χ3n) is 6.17. The highest BCUT2D eigenvalue weighted by Crippen LogP contribution is 2.48. The first-order chi connectivity index (χ1) is 14.2. The average Bonchev–Trinajstić information content (AvgIpc) is 2.83. The monoisotopic (exact) mass is 406 g/mol. The Hall–Kier alpha value is -2.95. The predicted octanol–water partition coefficient (Wildman–Crippen LogP) is 5.54. The molecule has 0 saturated carbocycles. The van der Waals surface area contributed by atoms with Crippen LogP contribution in [0, 0.1) is 19.3 Å². The van der Waals surface area contributed by atoms with E-state index in [0.29, 0.717) is 17.9 Å². The molecule has 4 rings (SSSR count). The molecule has 0 radical (unpaired) electrons. The van der Waals surface area contributed by atoms with Gasteiger partial charge in [-0.05, 0) is 55.0 Å². The number of hydrogen-bond acceptors (Lipinski definition) is 5. The van der Waals surface area contributed by atoms with Gasteiger partial charge in [-0.15, -0.1) is 0 Å². The number of para-hydroxylation sites is 1. The minimum Gasteiger partial charge on any atom is -0.493 e. The van der Waals surface area contributed by atoms with Crippen molar-refractivity contribution in [1.82, 2.24) is 0 Å². The van der Waals surface area contributed by atoms with Gasteiger partial charge in [-0.3, -0.25) is 4.79 Å². The SMILES string of the molecule is COc1cccc(C2Nc3cc(C)c(C)cc3NC3=C2C(=O)CC(C)(C)C3)c1OC. The van der Waals surface area contributed by atoms with Crippen molar-refractivity contribution in [2.24, 2.45) is 5.41 Å². The van der Waals surface area contributed by atoms with E-state index in [1.54, 1.807) is 14.2 Å². The first-order valence-corrected chi connectivity index (χ1v) is 10.4. The molecule has 0 bridgehead atoms. The quantitative estimate of drug-likeness (QED) is 0.701. The molecule has 5 heteroatoms. The average molecular weight is 407 g/mol. The lowest BCUT2D eigenvalue weighted by Crippen LogP contribution is -2.31. The molecule has 158 valence electrons. The van der Waals surface area contributed by atoms with Crippen LogP contribution in [0.2, 0.25) is 0 Å². The molecule has 0 spiro atoms. The van der Waals surface area contributed by atoms with Crippen molar-refractivity contribution in [3.05, 3.63) is 58.3 Å². The minimum absolute atomic E-state index is 0.0871. The number of ether oxygens (including phenoxy) is 2. The summed E-state index contributed by atoms with van der Waals surface area (Å²) in [6.07, 6.45) is 1.33. The van der Waals surface area contributed by atoms with Crippen LogP contribution in [0.25, 0.3) is 0 Å². The van der Waals surface area contributed by atoms with Crippen LogP contribution in [-0.2, 0) is 4.79 Å². The lowest BCUT2D eigenvalue weighted by Gasteiger charge is -2.34. The Bertz CT molecular complexity index is 1050. The summed E-state index contributed by atoms with van der Waals surface area (Å²) in [6.45, 7) is 8.51. The van der Waals surface area contributed by atoms with E-state index in [1.807, 2.05) is 18.2 Å². The van der Waals surface area contributed by atoms with Crippen LogP contribution in [0.1, 0.15) is 49.4 Å². The highest BCUT2D eigenvalue weighted by Gasteiger charge is 2.39. The fourth-order valence-electron chi connectivity index (χ4n) is 4.58. The van der Waals surface area contributed by atoms with Crippen LogP contribution in [0.4, 0.5) is 11.4 Å². The largest absolute Gasteiger partial charge is 0.493 e. The van der Waals surface area contributed by atoms with Gasteiger partial charge < -0.3 is 20.1 Å². The molecule has 1 heterocycles. The minimum atomic E-state index is -0.329. The van der Waals surface area contributed by atoms with Gasteiger partial charge in [-0.1, -0.05) is 26.0 Å². The van der Waals surface area contributed by atoms with Gasteiger partial charge in [0.2, 0.25) is 0 Å². The molecule has 1 atom stereocenters. The Morgan fingerprint density at radius 1 is 1.00 bits per heavy atom. The molecule has 5 nitrogen and oxygen atoms in total. The number of hydrogen-bond donors (Lipinski definition) is 2. The number of ketones is 1. The lowest BCUT2D eigenvalue weighted by molar-refractivity contribution is -0.118. The van der Waals surface area contributed by atoms with Crippen molar-refractivity contribution in [2.75, 3.05) is 24.9 Å². The lowest BCUT2D eigenvalue weighted by atomic mass is 9.73. The maximum atomic E-state index is 13.4. The van der Waals surface area contributed by atoms with Gasteiger partial charge in [0.25, 0.3) is 0 Å². The van der Waals surface area contributed by atoms with E-state index >= 15 is 0 Å². The van der Waals surface area contributed by atoms with Gasteiger partial charge >= 0.3 is 0 Å². The van der Waals surface area contributed by atoms with Gasteiger partial charge in [0.05, 0.1) is 31.6 Å². The Kier molecular flexibility index (Phi) is 5.00. The van der Waals surface area contributed by atoms with E-state index in [4.69, 9.17) is 9.47 Å². The number of fused-ring (bicyclic) bond motifs is 1. The molecule has 1 aliphatic carbocycles. The summed E-state index contributed by atoms with van der Waals surface area (Å²) in [5, 5.41) is 7.26. The second-order valence-electron chi connectivity index (χ2n) is 9.10. The second kappa shape index (κ2) is 7.38. The van der Waals surface area contributed by atoms with E-state index in [9.17, 15) is 4.79 Å². The summed E-state index contributed by atoms with van der Waals surface area (Å²) in [5.74, 6) is 1.46. The normalized spacial score (nSPS) is 19.8. The van der Waals surface area contributed by atoms with Crippen molar-refractivity contribution < 1.29 is 14.3 Å². The maximum absolute atomic E-state index is 13.4. The van der Waals surface area contributed by atoms with Gasteiger partial charge in [-0.2, -0.15) is 0 Å². The summed E-state index contributed by atoms with van der Waals surface area (Å²) >= 11 is 0. The van der Waals surface area contributed by atoms with Crippen LogP contribution in [0.5, 0.6) is 11.5 Å². The molecule has 1 aliphatic heterocycles. The molecule has 2 aromatic carbocycles. The number of rotatable bonds is 3. The van der Waals surface area contributed by atoms with Crippen molar-refractivity contribution in [3.8, 4) is 11.5 Å². The number of benzene rings is 2. The Morgan fingerprint density at radius 3 is 2.37 bits per heavy atom. The summed E-state index contributed by atoms with van der Waals surface area (Å²) in [4.78, 5) is 13.4. The predicted molar refractivity (Wildman–Crippen MR) is 120 cm³/mol. The molecule has 1 unspecified atom stereocenters. The van der Waals surface area contributed by atoms with E-state index in [0.717, 1.165) is 34.6 Å². The van der Waals surface area contributed by atoms with E-state index in [-0.39, 0.29) is 17.2 Å². The van der Waals surface area contributed by atoms with Gasteiger partial charge in [-0.25, -0.2) is 0 Å². The molecule has 0 amide bonds. The molecular weight excluding hydrogens is 376 g/mol. The van der Waals surface area contributed by atoms with E-state index in [2.05, 4.69) is 50.5 Å². The van der Waals surface area contributed by atoms with Gasteiger partial charge in [0.1, 0.15) is 0 Å². The highest BCUT2D eigenvalue weighted by molar-refractivity contribution is 6.01. The molecule has 0 fully saturated rings. The standard InChI is InChI=1S/C25H30N2O3/c1-14-10-17-18(11-15(14)2)27-23(16-8-7-9-21(29-5)24(16)30-6)22-19(26-17)12-25(3,4)13-20(22)28/h7-11,23,26-27H,12-13H2,1-6H3. The number of carbonyl (C=O) groups is 1. The number of Topliss-reactive ketones (excluding diaryl/α,β-unsaturated/α-hetero) is 1. The molecule has 0 aromatic heterocycles. The van der Waals surface area contributed by atoms with Crippen molar-refractivity contribution in [3.63, 3.8) is 0 Å². The van der Waals surface area contributed by atoms with Gasteiger partial charge in [0.15, 0.2) is 17.3 Å². The topological polar surface area (TPSA) is 59.6 Å². The Balaban J connectivity index is 1.96. The number of nitrogens with one attached hydrogen (secondary N) is 2. The number of methoxy groups -OCH3 is 2. The number of carbonyl (C=O) groups excluding carboxylic acids is 1.